The van der Waals surface area contributed by atoms with E-state index in [1.165, 1.54) is 6.07 Å². The first-order valence-electron chi connectivity index (χ1n) is 6.16. The summed E-state index contributed by atoms with van der Waals surface area (Å²) in [5.74, 6) is -0.346. The Morgan fingerprint density at radius 3 is 2.67 bits per heavy atom. The van der Waals surface area contributed by atoms with E-state index in [2.05, 4.69) is 0 Å². The molecule has 4 heteroatoms. The number of methoxy groups -OCH3 is 1. The maximum absolute atomic E-state index is 13.3. The average molecular weight is 273 g/mol. The van der Waals surface area contributed by atoms with E-state index in [0.717, 1.165) is 19.3 Å². The van der Waals surface area contributed by atoms with Gasteiger partial charge in [0.25, 0.3) is 0 Å². The summed E-state index contributed by atoms with van der Waals surface area (Å²) in [4.78, 5) is 0. The molecule has 1 aliphatic carbocycles. The van der Waals surface area contributed by atoms with Crippen LogP contribution in [0.1, 0.15) is 42.9 Å². The van der Waals surface area contributed by atoms with Crippen LogP contribution in [0.5, 0.6) is 0 Å². The van der Waals surface area contributed by atoms with Crippen molar-refractivity contribution in [1.29, 1.82) is 0 Å². The van der Waals surface area contributed by atoms with Gasteiger partial charge in [0, 0.05) is 18.6 Å². The molecule has 18 heavy (non-hydrogen) atoms. The molecule has 1 fully saturated rings. The molecule has 0 heterocycles. The second-order valence-electron chi connectivity index (χ2n) is 5.08. The van der Waals surface area contributed by atoms with Crippen molar-refractivity contribution in [2.45, 2.75) is 44.3 Å². The fourth-order valence-corrected chi connectivity index (χ4v) is 2.74. The summed E-state index contributed by atoms with van der Waals surface area (Å²) in [7, 11) is 1.67. The van der Waals surface area contributed by atoms with Gasteiger partial charge in [-0.2, -0.15) is 0 Å². The Balaban J connectivity index is 2.18. The first kappa shape index (κ1) is 13.8. The molecule has 1 saturated carbocycles. The van der Waals surface area contributed by atoms with Crippen molar-refractivity contribution in [2.24, 2.45) is 0 Å². The number of aryl methyl sites for hydroxylation is 1. The third kappa shape index (κ3) is 2.53. The van der Waals surface area contributed by atoms with Crippen molar-refractivity contribution in [2.75, 3.05) is 7.11 Å². The molecule has 1 atom stereocenters. The van der Waals surface area contributed by atoms with Crippen molar-refractivity contribution in [1.82, 2.24) is 0 Å². The Kier molecular flexibility index (Phi) is 3.95. The number of rotatable bonds is 4. The van der Waals surface area contributed by atoms with E-state index >= 15 is 0 Å². The van der Waals surface area contributed by atoms with Crippen LogP contribution in [0.15, 0.2) is 12.1 Å². The van der Waals surface area contributed by atoms with Crippen LogP contribution in [0.2, 0.25) is 5.02 Å². The molecule has 1 aliphatic rings. The van der Waals surface area contributed by atoms with Crippen LogP contribution >= 0.6 is 11.6 Å². The van der Waals surface area contributed by atoms with Crippen molar-refractivity contribution < 1.29 is 14.2 Å². The van der Waals surface area contributed by atoms with Crippen LogP contribution in [-0.2, 0) is 4.74 Å². The minimum atomic E-state index is -0.711. The Bertz CT molecular complexity index is 438. The molecule has 0 bridgehead atoms. The molecule has 0 spiro atoms. The number of hydrogen-bond donors (Lipinski definition) is 1. The van der Waals surface area contributed by atoms with Crippen LogP contribution in [0.25, 0.3) is 0 Å². The van der Waals surface area contributed by atoms with Gasteiger partial charge in [-0.3, -0.25) is 0 Å². The summed E-state index contributed by atoms with van der Waals surface area (Å²) < 4.78 is 18.8. The number of hydrogen-bond acceptors (Lipinski definition) is 2. The number of benzene rings is 1. The topological polar surface area (TPSA) is 29.5 Å². The molecule has 0 aromatic heterocycles. The largest absolute Gasteiger partial charge is 0.388 e. The minimum absolute atomic E-state index is 0.231. The van der Waals surface area contributed by atoms with Gasteiger partial charge >= 0.3 is 0 Å². The van der Waals surface area contributed by atoms with E-state index in [4.69, 9.17) is 16.3 Å². The van der Waals surface area contributed by atoms with Gasteiger partial charge in [-0.1, -0.05) is 11.6 Å². The molecule has 0 saturated heterocycles. The summed E-state index contributed by atoms with van der Waals surface area (Å²) >= 11 is 5.99. The Labute approximate surface area is 112 Å². The Morgan fingerprint density at radius 1 is 1.50 bits per heavy atom. The van der Waals surface area contributed by atoms with Gasteiger partial charge in [0.05, 0.1) is 11.7 Å². The Hall–Kier alpha value is -0.640. The smallest absolute Gasteiger partial charge is 0.127 e. The predicted molar refractivity (Wildman–Crippen MR) is 69.3 cm³/mol. The number of aliphatic hydroxyl groups excluding tert-OH is 1. The molecule has 0 amide bonds. The molecule has 1 N–H and O–H groups in total. The molecule has 100 valence electrons. The zero-order chi connectivity index (χ0) is 13.3. The molecular formula is C14H18ClFO2. The third-order valence-corrected chi connectivity index (χ3v) is 4.23. The highest BCUT2D eigenvalue weighted by atomic mass is 35.5. The van der Waals surface area contributed by atoms with Crippen LogP contribution in [0.4, 0.5) is 4.39 Å². The third-order valence-electron chi connectivity index (χ3n) is 3.90. The lowest BCUT2D eigenvalue weighted by atomic mass is 9.75. The summed E-state index contributed by atoms with van der Waals surface area (Å²) in [6, 6.07) is 2.88. The van der Waals surface area contributed by atoms with E-state index in [9.17, 15) is 9.50 Å². The van der Waals surface area contributed by atoms with Gasteiger partial charge < -0.3 is 9.84 Å². The van der Waals surface area contributed by atoms with Crippen molar-refractivity contribution in [3.8, 4) is 0 Å². The first-order chi connectivity index (χ1) is 8.47. The van der Waals surface area contributed by atoms with E-state index in [0.29, 0.717) is 17.5 Å². The van der Waals surface area contributed by atoms with Crippen LogP contribution < -0.4 is 0 Å². The van der Waals surface area contributed by atoms with Crippen molar-refractivity contribution >= 4 is 11.6 Å². The quantitative estimate of drug-likeness (QED) is 0.904. The van der Waals surface area contributed by atoms with Crippen molar-refractivity contribution in [3.63, 3.8) is 0 Å². The van der Waals surface area contributed by atoms with Gasteiger partial charge in [-0.25, -0.2) is 4.39 Å². The van der Waals surface area contributed by atoms with Crippen molar-refractivity contribution in [3.05, 3.63) is 34.1 Å². The molecule has 2 nitrogen and oxygen atoms in total. The molecule has 2 rings (SSSR count). The van der Waals surface area contributed by atoms with Gasteiger partial charge in [0.15, 0.2) is 0 Å². The maximum atomic E-state index is 13.3. The van der Waals surface area contributed by atoms with E-state index < -0.39 is 6.10 Å². The fourth-order valence-electron chi connectivity index (χ4n) is 2.46. The number of halogens is 2. The standard InChI is InChI=1S/C14H18ClFO2/c1-9-6-10(11(15)7-12(9)16)13(17)8-14(18-2)4-3-5-14/h6-7,13,17H,3-5,8H2,1-2H3. The van der Waals surface area contributed by atoms with Crippen LogP contribution in [-0.4, -0.2) is 17.8 Å². The summed E-state index contributed by atoms with van der Waals surface area (Å²) in [6.45, 7) is 1.66. The summed E-state index contributed by atoms with van der Waals surface area (Å²) in [5.41, 5.74) is 0.845. The zero-order valence-corrected chi connectivity index (χ0v) is 11.4. The maximum Gasteiger partial charge on any atom is 0.127 e. The monoisotopic (exact) mass is 272 g/mol. The molecule has 1 aromatic rings. The number of aliphatic hydroxyl groups is 1. The molecule has 0 radical (unpaired) electrons. The SMILES string of the molecule is COC1(CC(O)c2cc(C)c(F)cc2Cl)CCC1. The van der Waals surface area contributed by atoms with E-state index in [1.807, 2.05) is 0 Å². The molecule has 1 unspecified atom stereocenters. The lowest BCUT2D eigenvalue weighted by Gasteiger charge is -2.42. The highest BCUT2D eigenvalue weighted by Crippen LogP contribution is 2.42. The zero-order valence-electron chi connectivity index (χ0n) is 10.7. The average Bonchev–Trinajstić information content (AvgIpc) is 2.28. The lowest BCUT2D eigenvalue weighted by Crippen LogP contribution is -2.40. The lowest BCUT2D eigenvalue weighted by molar-refractivity contribution is -0.0999. The number of ether oxygens (including phenoxy) is 1. The molecular weight excluding hydrogens is 255 g/mol. The normalized spacial score (nSPS) is 19.4. The predicted octanol–water partition coefficient (Wildman–Crippen LogP) is 3.78. The summed E-state index contributed by atoms with van der Waals surface area (Å²) in [5, 5.41) is 10.5. The molecule has 1 aromatic carbocycles. The highest BCUT2D eigenvalue weighted by molar-refractivity contribution is 6.31. The second-order valence-corrected chi connectivity index (χ2v) is 5.49. The van der Waals surface area contributed by atoms with E-state index in [1.54, 1.807) is 20.1 Å². The van der Waals surface area contributed by atoms with Gasteiger partial charge in [-0.05, 0) is 49.4 Å². The molecule has 0 aliphatic heterocycles. The summed E-state index contributed by atoms with van der Waals surface area (Å²) in [6.07, 6.45) is 2.83. The fraction of sp³-hybridized carbons (Fsp3) is 0.571. The van der Waals surface area contributed by atoms with Gasteiger partial charge in [0.1, 0.15) is 5.82 Å². The van der Waals surface area contributed by atoms with Gasteiger partial charge in [0.2, 0.25) is 0 Å². The first-order valence-corrected chi connectivity index (χ1v) is 6.54. The van der Waals surface area contributed by atoms with E-state index in [-0.39, 0.29) is 16.4 Å². The minimum Gasteiger partial charge on any atom is -0.388 e. The highest BCUT2D eigenvalue weighted by Gasteiger charge is 2.39. The van der Waals surface area contributed by atoms with Gasteiger partial charge in [-0.15, -0.1) is 0 Å². The second kappa shape index (κ2) is 5.16. The van der Waals surface area contributed by atoms with Crippen LogP contribution in [0.3, 0.4) is 0 Å². The Morgan fingerprint density at radius 2 is 2.17 bits per heavy atom. The van der Waals surface area contributed by atoms with Crippen LogP contribution in [0, 0.1) is 12.7 Å².